The summed E-state index contributed by atoms with van der Waals surface area (Å²) in [6.45, 7) is 3.37. The molecule has 1 saturated heterocycles. The summed E-state index contributed by atoms with van der Waals surface area (Å²) >= 11 is 0. The van der Waals surface area contributed by atoms with Crippen LogP contribution in [-0.2, 0) is 11.2 Å². The van der Waals surface area contributed by atoms with Gasteiger partial charge in [0, 0.05) is 31.4 Å². The molecule has 2 aliphatic rings. The van der Waals surface area contributed by atoms with E-state index >= 15 is 0 Å². The number of anilines is 2. The molecular weight excluding hydrogens is 238 g/mol. The number of nitrogens with zero attached hydrogens (tertiary/aromatic N) is 1. The number of amides is 1. The van der Waals surface area contributed by atoms with E-state index in [2.05, 4.69) is 34.7 Å². The van der Waals surface area contributed by atoms with Crippen molar-refractivity contribution in [3.8, 4) is 0 Å². The lowest BCUT2D eigenvalue weighted by atomic mass is 10.0. The minimum absolute atomic E-state index is 0.130. The Morgan fingerprint density at radius 2 is 2.26 bits per heavy atom. The van der Waals surface area contributed by atoms with Crippen molar-refractivity contribution in [2.45, 2.75) is 19.3 Å². The fourth-order valence-corrected chi connectivity index (χ4v) is 2.97. The van der Waals surface area contributed by atoms with Gasteiger partial charge in [-0.1, -0.05) is 0 Å². The van der Waals surface area contributed by atoms with Gasteiger partial charge < -0.3 is 15.5 Å². The smallest absolute Gasteiger partial charge is 0.224 e. The highest BCUT2D eigenvalue weighted by Gasteiger charge is 2.18. The molecule has 1 amide bonds. The van der Waals surface area contributed by atoms with Crippen molar-refractivity contribution in [2.75, 3.05) is 36.9 Å². The lowest BCUT2D eigenvalue weighted by Crippen LogP contribution is -2.27. The SMILES string of the molecule is CN(CC1CCNC1)c1ccc2c(c1)CCC(=O)N2. The summed E-state index contributed by atoms with van der Waals surface area (Å²) in [6.07, 6.45) is 2.73. The molecule has 2 aliphatic heterocycles. The quantitative estimate of drug-likeness (QED) is 0.867. The highest BCUT2D eigenvalue weighted by Crippen LogP contribution is 2.27. The average molecular weight is 259 g/mol. The van der Waals surface area contributed by atoms with Gasteiger partial charge in [-0.2, -0.15) is 0 Å². The second-order valence-corrected chi connectivity index (χ2v) is 5.63. The molecule has 0 aliphatic carbocycles. The van der Waals surface area contributed by atoms with Gasteiger partial charge in [-0.3, -0.25) is 4.79 Å². The molecule has 1 fully saturated rings. The van der Waals surface area contributed by atoms with Gasteiger partial charge in [0.15, 0.2) is 0 Å². The number of rotatable bonds is 3. The first-order chi connectivity index (χ1) is 9.22. The zero-order valence-electron chi connectivity index (χ0n) is 11.4. The number of benzene rings is 1. The zero-order chi connectivity index (χ0) is 13.2. The Labute approximate surface area is 114 Å². The van der Waals surface area contributed by atoms with Crippen LogP contribution in [0.5, 0.6) is 0 Å². The Balaban J connectivity index is 1.72. The molecule has 0 saturated carbocycles. The van der Waals surface area contributed by atoms with Gasteiger partial charge in [0.05, 0.1) is 0 Å². The number of nitrogens with one attached hydrogen (secondary N) is 2. The third-order valence-electron chi connectivity index (χ3n) is 4.12. The average Bonchev–Trinajstić information content (AvgIpc) is 2.91. The summed E-state index contributed by atoms with van der Waals surface area (Å²) in [7, 11) is 2.15. The topological polar surface area (TPSA) is 44.4 Å². The molecule has 1 aromatic rings. The van der Waals surface area contributed by atoms with Crippen molar-refractivity contribution in [1.29, 1.82) is 0 Å². The van der Waals surface area contributed by atoms with E-state index in [0.29, 0.717) is 6.42 Å². The number of hydrogen-bond acceptors (Lipinski definition) is 3. The summed E-state index contributed by atoms with van der Waals surface area (Å²) in [5, 5.41) is 6.34. The van der Waals surface area contributed by atoms with Crippen molar-refractivity contribution >= 4 is 17.3 Å². The monoisotopic (exact) mass is 259 g/mol. The molecule has 1 unspecified atom stereocenters. The molecule has 2 heterocycles. The van der Waals surface area contributed by atoms with E-state index in [0.717, 1.165) is 37.7 Å². The Morgan fingerprint density at radius 3 is 3.05 bits per heavy atom. The van der Waals surface area contributed by atoms with Gasteiger partial charge in [0.2, 0.25) is 5.91 Å². The van der Waals surface area contributed by atoms with Crippen molar-refractivity contribution in [3.05, 3.63) is 23.8 Å². The predicted octanol–water partition coefficient (Wildman–Crippen LogP) is 1.62. The van der Waals surface area contributed by atoms with E-state index in [9.17, 15) is 4.79 Å². The summed E-state index contributed by atoms with van der Waals surface area (Å²) in [5.41, 5.74) is 3.49. The van der Waals surface area contributed by atoms with Gasteiger partial charge in [-0.05, 0) is 55.6 Å². The molecule has 0 bridgehead atoms. The standard InChI is InChI=1S/C15H21N3O/c1-18(10-11-6-7-16-9-11)13-3-4-14-12(8-13)2-5-15(19)17-14/h3-4,8,11,16H,2,5-7,9-10H2,1H3,(H,17,19). The van der Waals surface area contributed by atoms with Crippen molar-refractivity contribution in [3.63, 3.8) is 0 Å². The molecule has 4 nitrogen and oxygen atoms in total. The van der Waals surface area contributed by atoms with Crippen LogP contribution in [0.25, 0.3) is 0 Å². The number of aryl methyl sites for hydroxylation is 1. The maximum Gasteiger partial charge on any atom is 0.224 e. The van der Waals surface area contributed by atoms with Crippen LogP contribution in [0.1, 0.15) is 18.4 Å². The summed E-state index contributed by atoms with van der Waals surface area (Å²) in [6, 6.07) is 6.36. The maximum atomic E-state index is 11.3. The first-order valence-corrected chi connectivity index (χ1v) is 7.07. The van der Waals surface area contributed by atoms with E-state index in [1.807, 2.05) is 6.07 Å². The fraction of sp³-hybridized carbons (Fsp3) is 0.533. The predicted molar refractivity (Wildman–Crippen MR) is 77.6 cm³/mol. The summed E-state index contributed by atoms with van der Waals surface area (Å²) < 4.78 is 0. The molecule has 2 N–H and O–H groups in total. The molecule has 3 rings (SSSR count). The second-order valence-electron chi connectivity index (χ2n) is 5.63. The van der Waals surface area contributed by atoms with Crippen molar-refractivity contribution in [2.24, 2.45) is 5.92 Å². The zero-order valence-corrected chi connectivity index (χ0v) is 11.4. The Bertz CT molecular complexity index is 480. The molecule has 0 radical (unpaired) electrons. The van der Waals surface area contributed by atoms with Crippen LogP contribution < -0.4 is 15.5 Å². The van der Waals surface area contributed by atoms with Gasteiger partial charge in [0.1, 0.15) is 0 Å². The highest BCUT2D eigenvalue weighted by atomic mass is 16.1. The van der Waals surface area contributed by atoms with Crippen molar-refractivity contribution in [1.82, 2.24) is 5.32 Å². The lowest BCUT2D eigenvalue weighted by Gasteiger charge is -2.25. The Morgan fingerprint density at radius 1 is 1.37 bits per heavy atom. The number of carbonyl (C=O) groups is 1. The van der Waals surface area contributed by atoms with Gasteiger partial charge in [0.25, 0.3) is 0 Å². The van der Waals surface area contributed by atoms with Crippen LogP contribution in [0, 0.1) is 5.92 Å². The number of fused-ring (bicyclic) bond motifs is 1. The van der Waals surface area contributed by atoms with Crippen molar-refractivity contribution < 1.29 is 4.79 Å². The van der Waals surface area contributed by atoms with E-state index in [1.165, 1.54) is 17.7 Å². The molecule has 4 heteroatoms. The largest absolute Gasteiger partial charge is 0.374 e. The first-order valence-electron chi connectivity index (χ1n) is 7.07. The minimum Gasteiger partial charge on any atom is -0.374 e. The van der Waals surface area contributed by atoms with E-state index in [1.54, 1.807) is 0 Å². The van der Waals surface area contributed by atoms with Crippen LogP contribution in [0.3, 0.4) is 0 Å². The van der Waals surface area contributed by atoms with Crippen LogP contribution in [0.15, 0.2) is 18.2 Å². The van der Waals surface area contributed by atoms with Gasteiger partial charge >= 0.3 is 0 Å². The number of carbonyl (C=O) groups excluding carboxylic acids is 1. The lowest BCUT2D eigenvalue weighted by molar-refractivity contribution is -0.116. The molecule has 102 valence electrons. The van der Waals surface area contributed by atoms with Crippen LogP contribution in [-0.4, -0.2) is 32.6 Å². The normalized spacial score (nSPS) is 21.9. The molecule has 0 spiro atoms. The molecular formula is C15H21N3O. The maximum absolute atomic E-state index is 11.3. The minimum atomic E-state index is 0.130. The molecule has 1 atom stereocenters. The Hall–Kier alpha value is -1.55. The third kappa shape index (κ3) is 2.73. The van der Waals surface area contributed by atoms with E-state index in [4.69, 9.17) is 0 Å². The second kappa shape index (κ2) is 5.21. The van der Waals surface area contributed by atoms with E-state index in [-0.39, 0.29) is 5.91 Å². The van der Waals surface area contributed by atoms with E-state index < -0.39 is 0 Å². The van der Waals surface area contributed by atoms with Gasteiger partial charge in [-0.15, -0.1) is 0 Å². The highest BCUT2D eigenvalue weighted by molar-refractivity contribution is 5.94. The van der Waals surface area contributed by atoms with Crippen LogP contribution in [0.2, 0.25) is 0 Å². The van der Waals surface area contributed by atoms with Crippen LogP contribution in [0.4, 0.5) is 11.4 Å². The van der Waals surface area contributed by atoms with Crippen LogP contribution >= 0.6 is 0 Å². The number of hydrogen-bond donors (Lipinski definition) is 2. The molecule has 19 heavy (non-hydrogen) atoms. The van der Waals surface area contributed by atoms with Gasteiger partial charge in [-0.25, -0.2) is 0 Å². The fourth-order valence-electron chi connectivity index (χ4n) is 2.97. The molecule has 1 aromatic carbocycles. The summed E-state index contributed by atoms with van der Waals surface area (Å²) in [4.78, 5) is 13.7. The first kappa shape index (κ1) is 12.5. The third-order valence-corrected chi connectivity index (χ3v) is 4.12. The Kier molecular flexibility index (Phi) is 3.42. The molecule has 0 aromatic heterocycles. The summed E-state index contributed by atoms with van der Waals surface area (Å²) in [5.74, 6) is 0.881.